The van der Waals surface area contributed by atoms with Crippen molar-refractivity contribution < 1.29 is 4.79 Å². The van der Waals surface area contributed by atoms with Crippen LogP contribution < -0.4 is 10.6 Å². The Morgan fingerprint density at radius 1 is 1.21 bits per heavy atom. The van der Waals surface area contributed by atoms with Crippen LogP contribution in [0.4, 0.5) is 0 Å². The van der Waals surface area contributed by atoms with Gasteiger partial charge >= 0.3 is 0 Å². The standard InChI is InChI=1S/C16H32N2O/c1-5-16(3,4)18-15(19)12-17-13(2)14-10-8-6-7-9-11-14/h13-14,17H,5-12H2,1-4H3,(H,18,19)/t13-/m1/s1. The van der Waals surface area contributed by atoms with E-state index in [1.54, 1.807) is 0 Å². The predicted molar refractivity (Wildman–Crippen MR) is 81.2 cm³/mol. The zero-order valence-corrected chi connectivity index (χ0v) is 13.2. The van der Waals surface area contributed by atoms with Gasteiger partial charge < -0.3 is 10.6 Å². The largest absolute Gasteiger partial charge is 0.350 e. The van der Waals surface area contributed by atoms with Crippen molar-refractivity contribution in [2.24, 2.45) is 5.92 Å². The maximum absolute atomic E-state index is 11.9. The first-order chi connectivity index (χ1) is 8.94. The van der Waals surface area contributed by atoms with Crippen LogP contribution in [0.3, 0.4) is 0 Å². The Hall–Kier alpha value is -0.570. The molecule has 0 saturated heterocycles. The quantitative estimate of drug-likeness (QED) is 0.726. The summed E-state index contributed by atoms with van der Waals surface area (Å²) in [5.74, 6) is 0.863. The second kappa shape index (κ2) is 7.88. The van der Waals surface area contributed by atoms with Crippen molar-refractivity contribution in [2.75, 3.05) is 6.54 Å². The molecule has 1 aliphatic carbocycles. The molecule has 3 nitrogen and oxygen atoms in total. The molecule has 1 rings (SSSR count). The SMILES string of the molecule is CCC(C)(C)NC(=O)CN[C@H](C)C1CCCCCC1. The summed E-state index contributed by atoms with van der Waals surface area (Å²) in [5.41, 5.74) is -0.0929. The molecule has 1 fully saturated rings. The average molecular weight is 268 g/mol. The van der Waals surface area contributed by atoms with E-state index < -0.39 is 0 Å². The predicted octanol–water partition coefficient (Wildman–Crippen LogP) is 3.24. The fourth-order valence-electron chi connectivity index (χ4n) is 2.74. The van der Waals surface area contributed by atoms with Gasteiger partial charge in [0, 0.05) is 11.6 Å². The van der Waals surface area contributed by atoms with Crippen LogP contribution in [-0.2, 0) is 4.79 Å². The number of carbonyl (C=O) groups is 1. The molecule has 0 heterocycles. The highest BCUT2D eigenvalue weighted by Crippen LogP contribution is 2.25. The molecule has 3 heteroatoms. The van der Waals surface area contributed by atoms with Crippen molar-refractivity contribution in [3.63, 3.8) is 0 Å². The van der Waals surface area contributed by atoms with Gasteiger partial charge in [-0.2, -0.15) is 0 Å². The van der Waals surface area contributed by atoms with E-state index in [0.29, 0.717) is 12.6 Å². The molecule has 0 aromatic heterocycles. The van der Waals surface area contributed by atoms with Gasteiger partial charge in [-0.05, 0) is 46.0 Å². The molecule has 1 saturated carbocycles. The minimum Gasteiger partial charge on any atom is -0.350 e. The Kier molecular flexibility index (Phi) is 6.84. The Morgan fingerprint density at radius 3 is 2.32 bits per heavy atom. The lowest BCUT2D eigenvalue weighted by molar-refractivity contribution is -0.122. The molecule has 0 aromatic rings. The smallest absolute Gasteiger partial charge is 0.234 e. The molecule has 0 spiro atoms. The van der Waals surface area contributed by atoms with Crippen LogP contribution in [0.15, 0.2) is 0 Å². The topological polar surface area (TPSA) is 41.1 Å². The number of nitrogens with one attached hydrogen (secondary N) is 2. The van der Waals surface area contributed by atoms with E-state index in [0.717, 1.165) is 12.3 Å². The molecule has 1 amide bonds. The van der Waals surface area contributed by atoms with Gasteiger partial charge in [0.25, 0.3) is 0 Å². The normalized spacial score (nSPS) is 19.8. The Bertz CT molecular complexity index is 268. The van der Waals surface area contributed by atoms with Gasteiger partial charge in [-0.15, -0.1) is 0 Å². The van der Waals surface area contributed by atoms with Gasteiger partial charge in [0.15, 0.2) is 0 Å². The lowest BCUT2D eigenvalue weighted by atomic mass is 9.93. The molecule has 0 bridgehead atoms. The summed E-state index contributed by atoms with van der Waals surface area (Å²) >= 11 is 0. The second-order valence-electron chi connectivity index (χ2n) is 6.71. The van der Waals surface area contributed by atoms with Crippen LogP contribution in [0.5, 0.6) is 0 Å². The minimum absolute atomic E-state index is 0.0929. The van der Waals surface area contributed by atoms with Gasteiger partial charge in [-0.3, -0.25) is 4.79 Å². The summed E-state index contributed by atoms with van der Waals surface area (Å²) in [6.07, 6.45) is 9.06. The van der Waals surface area contributed by atoms with Crippen molar-refractivity contribution in [1.29, 1.82) is 0 Å². The Labute approximate surface area is 118 Å². The Balaban J connectivity index is 2.28. The number of rotatable bonds is 6. The van der Waals surface area contributed by atoms with Crippen molar-refractivity contribution in [2.45, 2.75) is 84.2 Å². The molecule has 1 aliphatic rings. The van der Waals surface area contributed by atoms with Crippen LogP contribution in [0.1, 0.15) is 72.6 Å². The summed E-state index contributed by atoms with van der Waals surface area (Å²) in [6, 6.07) is 0.452. The molecule has 0 radical (unpaired) electrons. The molecular weight excluding hydrogens is 236 g/mol. The van der Waals surface area contributed by atoms with Gasteiger partial charge in [0.05, 0.1) is 6.54 Å². The molecule has 1 atom stereocenters. The minimum atomic E-state index is -0.0929. The van der Waals surface area contributed by atoms with Crippen LogP contribution >= 0.6 is 0 Å². The van der Waals surface area contributed by atoms with Gasteiger partial charge in [-0.1, -0.05) is 32.6 Å². The van der Waals surface area contributed by atoms with E-state index in [-0.39, 0.29) is 11.4 Å². The molecular formula is C16H32N2O. The van der Waals surface area contributed by atoms with Gasteiger partial charge in [0.1, 0.15) is 0 Å². The van der Waals surface area contributed by atoms with E-state index in [1.807, 2.05) is 0 Å². The van der Waals surface area contributed by atoms with Gasteiger partial charge in [-0.25, -0.2) is 0 Å². The number of hydrogen-bond acceptors (Lipinski definition) is 2. The van der Waals surface area contributed by atoms with Crippen molar-refractivity contribution in [3.05, 3.63) is 0 Å². The number of hydrogen-bond donors (Lipinski definition) is 2. The maximum Gasteiger partial charge on any atom is 0.234 e. The lowest BCUT2D eigenvalue weighted by Gasteiger charge is -2.27. The number of carbonyl (C=O) groups excluding carboxylic acids is 1. The Morgan fingerprint density at radius 2 is 1.79 bits per heavy atom. The summed E-state index contributed by atoms with van der Waals surface area (Å²) in [6.45, 7) is 8.91. The third-order valence-electron chi connectivity index (χ3n) is 4.55. The van der Waals surface area contributed by atoms with E-state index >= 15 is 0 Å². The van der Waals surface area contributed by atoms with Gasteiger partial charge in [0.2, 0.25) is 5.91 Å². The summed E-state index contributed by atoms with van der Waals surface area (Å²) in [7, 11) is 0. The highest BCUT2D eigenvalue weighted by molar-refractivity contribution is 5.78. The summed E-state index contributed by atoms with van der Waals surface area (Å²) in [5, 5.41) is 6.49. The molecule has 0 aliphatic heterocycles. The van der Waals surface area contributed by atoms with Crippen molar-refractivity contribution in [3.8, 4) is 0 Å². The van der Waals surface area contributed by atoms with Crippen molar-refractivity contribution in [1.82, 2.24) is 10.6 Å². The third-order valence-corrected chi connectivity index (χ3v) is 4.55. The first-order valence-electron chi connectivity index (χ1n) is 7.99. The molecule has 19 heavy (non-hydrogen) atoms. The van der Waals surface area contributed by atoms with Crippen LogP contribution in [-0.4, -0.2) is 24.0 Å². The summed E-state index contributed by atoms with van der Waals surface area (Å²) < 4.78 is 0. The average Bonchev–Trinajstić information content (AvgIpc) is 2.64. The van der Waals surface area contributed by atoms with E-state index in [2.05, 4.69) is 38.3 Å². The van der Waals surface area contributed by atoms with E-state index in [4.69, 9.17) is 0 Å². The second-order valence-corrected chi connectivity index (χ2v) is 6.71. The monoisotopic (exact) mass is 268 g/mol. The van der Waals surface area contributed by atoms with E-state index in [1.165, 1.54) is 38.5 Å². The number of amides is 1. The molecule has 112 valence electrons. The zero-order chi connectivity index (χ0) is 14.3. The zero-order valence-electron chi connectivity index (χ0n) is 13.2. The third kappa shape index (κ3) is 6.42. The van der Waals surface area contributed by atoms with Crippen LogP contribution in [0.2, 0.25) is 0 Å². The highest BCUT2D eigenvalue weighted by Gasteiger charge is 2.21. The molecule has 0 aromatic carbocycles. The fourth-order valence-corrected chi connectivity index (χ4v) is 2.74. The summed E-state index contributed by atoms with van der Waals surface area (Å²) in [4.78, 5) is 11.9. The van der Waals surface area contributed by atoms with Crippen LogP contribution in [0, 0.1) is 5.92 Å². The maximum atomic E-state index is 11.9. The fraction of sp³-hybridized carbons (Fsp3) is 0.938. The van der Waals surface area contributed by atoms with E-state index in [9.17, 15) is 4.79 Å². The first kappa shape index (κ1) is 16.5. The first-order valence-corrected chi connectivity index (χ1v) is 7.99. The van der Waals surface area contributed by atoms with Crippen molar-refractivity contribution >= 4 is 5.91 Å². The highest BCUT2D eigenvalue weighted by atomic mass is 16.2. The lowest BCUT2D eigenvalue weighted by Crippen LogP contribution is -2.48. The van der Waals surface area contributed by atoms with Crippen LogP contribution in [0.25, 0.3) is 0 Å². The molecule has 2 N–H and O–H groups in total. The molecule has 0 unspecified atom stereocenters.